The maximum Gasteiger partial charge on any atom is 0.305 e. The lowest BCUT2D eigenvalue weighted by atomic mass is 10.1. The minimum Gasteiger partial charge on any atom is -0.497 e. The average molecular weight is 279 g/mol. The van der Waals surface area contributed by atoms with Crippen LogP contribution in [0.4, 0.5) is 0 Å². The molecule has 0 saturated heterocycles. The molecule has 0 spiro atoms. The van der Waals surface area contributed by atoms with Crippen molar-refractivity contribution in [1.29, 1.82) is 0 Å². The highest BCUT2D eigenvalue weighted by molar-refractivity contribution is 5.69. The number of carbonyl (C=O) groups is 1. The molecule has 0 aromatic heterocycles. The van der Waals surface area contributed by atoms with Gasteiger partial charge in [-0.25, -0.2) is 0 Å². The van der Waals surface area contributed by atoms with Crippen LogP contribution >= 0.6 is 0 Å². The van der Waals surface area contributed by atoms with Crippen LogP contribution in [-0.4, -0.2) is 32.8 Å². The lowest BCUT2D eigenvalue weighted by Gasteiger charge is -2.18. The number of nitrogens with two attached hydrogens (primary N) is 1. The highest BCUT2D eigenvalue weighted by atomic mass is 16.5. The highest BCUT2D eigenvalue weighted by Gasteiger charge is 2.30. The molecule has 2 atom stereocenters. The Morgan fingerprint density at radius 1 is 1.40 bits per heavy atom. The van der Waals surface area contributed by atoms with E-state index in [0.717, 1.165) is 17.7 Å². The Balaban J connectivity index is 1.94. The van der Waals surface area contributed by atoms with E-state index in [1.165, 1.54) is 12.7 Å². The Morgan fingerprint density at radius 3 is 2.90 bits per heavy atom. The van der Waals surface area contributed by atoms with Crippen molar-refractivity contribution in [3.05, 3.63) is 29.3 Å². The van der Waals surface area contributed by atoms with Gasteiger partial charge in [0.1, 0.15) is 5.75 Å². The van der Waals surface area contributed by atoms with Gasteiger partial charge >= 0.3 is 5.97 Å². The van der Waals surface area contributed by atoms with Gasteiger partial charge in [0, 0.05) is 19.1 Å². The first-order chi connectivity index (χ1) is 9.65. The van der Waals surface area contributed by atoms with Crippen LogP contribution in [0.3, 0.4) is 0 Å². The molecule has 0 radical (unpaired) electrons. The number of carbonyl (C=O) groups excluding carboxylic acids is 1. The van der Waals surface area contributed by atoms with Crippen LogP contribution in [0.5, 0.6) is 5.75 Å². The SMILES string of the molecule is COC(=O)CCCOC1c2cc(OC)ccc2CC1N. The van der Waals surface area contributed by atoms with Crippen LogP contribution in [0.25, 0.3) is 0 Å². The first-order valence-electron chi connectivity index (χ1n) is 6.76. The van der Waals surface area contributed by atoms with Crippen LogP contribution in [0.15, 0.2) is 18.2 Å². The molecule has 1 aliphatic rings. The number of esters is 1. The van der Waals surface area contributed by atoms with E-state index in [-0.39, 0.29) is 18.1 Å². The van der Waals surface area contributed by atoms with Gasteiger partial charge in [-0.1, -0.05) is 6.07 Å². The Hall–Kier alpha value is -1.59. The summed E-state index contributed by atoms with van der Waals surface area (Å²) in [5.41, 5.74) is 8.43. The van der Waals surface area contributed by atoms with Gasteiger partial charge in [-0.2, -0.15) is 0 Å². The van der Waals surface area contributed by atoms with Gasteiger partial charge in [0.2, 0.25) is 0 Å². The van der Waals surface area contributed by atoms with Gasteiger partial charge < -0.3 is 19.9 Å². The molecule has 1 aliphatic carbocycles. The summed E-state index contributed by atoms with van der Waals surface area (Å²) in [7, 11) is 3.03. The van der Waals surface area contributed by atoms with Gasteiger partial charge in [0.25, 0.3) is 0 Å². The molecule has 1 aromatic rings. The maximum atomic E-state index is 11.0. The largest absolute Gasteiger partial charge is 0.497 e. The van der Waals surface area contributed by atoms with E-state index < -0.39 is 0 Å². The van der Waals surface area contributed by atoms with Gasteiger partial charge in [0.15, 0.2) is 0 Å². The van der Waals surface area contributed by atoms with Crippen LogP contribution in [0.1, 0.15) is 30.1 Å². The van der Waals surface area contributed by atoms with Crippen LogP contribution in [0.2, 0.25) is 0 Å². The van der Waals surface area contributed by atoms with Crippen molar-refractivity contribution in [2.45, 2.75) is 31.4 Å². The zero-order chi connectivity index (χ0) is 14.5. The third-order valence-corrected chi connectivity index (χ3v) is 3.55. The second kappa shape index (κ2) is 6.72. The molecule has 2 rings (SSSR count). The number of ether oxygens (including phenoxy) is 3. The van der Waals surface area contributed by atoms with Gasteiger partial charge in [-0.15, -0.1) is 0 Å². The smallest absolute Gasteiger partial charge is 0.305 e. The molecule has 2 unspecified atom stereocenters. The Labute approximate surface area is 119 Å². The van der Waals surface area contributed by atoms with Gasteiger partial charge in [-0.3, -0.25) is 4.79 Å². The van der Waals surface area contributed by atoms with Crippen molar-refractivity contribution in [3.63, 3.8) is 0 Å². The lowest BCUT2D eigenvalue weighted by Crippen LogP contribution is -2.27. The zero-order valence-electron chi connectivity index (χ0n) is 11.9. The molecule has 5 nitrogen and oxygen atoms in total. The van der Waals surface area contributed by atoms with E-state index in [1.807, 2.05) is 18.2 Å². The molecule has 0 fully saturated rings. The fraction of sp³-hybridized carbons (Fsp3) is 0.533. The van der Waals surface area contributed by atoms with Crippen molar-refractivity contribution < 1.29 is 19.0 Å². The quantitative estimate of drug-likeness (QED) is 0.632. The molecular formula is C15H21NO4. The Kier molecular flexibility index (Phi) is 4.98. The van der Waals surface area contributed by atoms with E-state index in [2.05, 4.69) is 4.74 Å². The number of hydrogen-bond acceptors (Lipinski definition) is 5. The minimum absolute atomic E-state index is 0.0461. The zero-order valence-corrected chi connectivity index (χ0v) is 11.9. The first-order valence-corrected chi connectivity index (χ1v) is 6.76. The number of methoxy groups -OCH3 is 2. The molecule has 5 heteroatoms. The molecule has 1 aromatic carbocycles. The molecule has 110 valence electrons. The summed E-state index contributed by atoms with van der Waals surface area (Å²) >= 11 is 0. The molecule has 0 amide bonds. The summed E-state index contributed by atoms with van der Waals surface area (Å²) in [5, 5.41) is 0. The topological polar surface area (TPSA) is 70.8 Å². The Bertz CT molecular complexity index is 475. The Morgan fingerprint density at radius 2 is 2.20 bits per heavy atom. The van der Waals surface area contributed by atoms with Crippen LogP contribution in [-0.2, 0) is 20.7 Å². The van der Waals surface area contributed by atoms with Gasteiger partial charge in [-0.05, 0) is 36.1 Å². The molecule has 2 N–H and O–H groups in total. The molecule has 20 heavy (non-hydrogen) atoms. The standard InChI is InChI=1S/C15H21NO4/c1-18-11-6-5-10-8-13(16)15(12(10)9-11)20-7-3-4-14(17)19-2/h5-6,9,13,15H,3-4,7-8,16H2,1-2H3. The van der Waals surface area contributed by atoms with Crippen molar-refractivity contribution in [2.24, 2.45) is 5.73 Å². The molecule has 0 bridgehead atoms. The summed E-state index contributed by atoms with van der Waals surface area (Å²) in [6, 6.07) is 5.90. The van der Waals surface area contributed by atoms with Crippen molar-refractivity contribution >= 4 is 5.97 Å². The summed E-state index contributed by atoms with van der Waals surface area (Å²) in [6.45, 7) is 0.490. The monoisotopic (exact) mass is 279 g/mol. The normalized spacial score (nSPS) is 20.6. The fourth-order valence-electron chi connectivity index (χ4n) is 2.48. The van der Waals surface area contributed by atoms with Crippen LogP contribution < -0.4 is 10.5 Å². The van der Waals surface area contributed by atoms with E-state index in [0.29, 0.717) is 19.4 Å². The predicted octanol–water partition coefficient (Wildman–Crippen LogP) is 1.59. The second-order valence-electron chi connectivity index (χ2n) is 4.90. The highest BCUT2D eigenvalue weighted by Crippen LogP contribution is 2.35. The predicted molar refractivity (Wildman–Crippen MR) is 74.6 cm³/mol. The van der Waals surface area contributed by atoms with Gasteiger partial charge in [0.05, 0.1) is 20.3 Å². The molecular weight excluding hydrogens is 258 g/mol. The fourth-order valence-corrected chi connectivity index (χ4v) is 2.48. The van der Waals surface area contributed by atoms with Crippen LogP contribution in [0, 0.1) is 0 Å². The maximum absolute atomic E-state index is 11.0. The van der Waals surface area contributed by atoms with Crippen molar-refractivity contribution in [3.8, 4) is 5.75 Å². The summed E-state index contributed by atoms with van der Waals surface area (Å²) < 4.78 is 15.7. The third kappa shape index (κ3) is 3.29. The minimum atomic E-state index is -0.216. The molecule has 0 aliphatic heterocycles. The van der Waals surface area contributed by atoms with E-state index in [1.54, 1.807) is 7.11 Å². The number of hydrogen-bond donors (Lipinski definition) is 1. The van der Waals surface area contributed by atoms with E-state index in [9.17, 15) is 4.79 Å². The number of benzene rings is 1. The number of fused-ring (bicyclic) bond motifs is 1. The van der Waals surface area contributed by atoms with E-state index >= 15 is 0 Å². The first kappa shape index (κ1) is 14.8. The second-order valence-corrected chi connectivity index (χ2v) is 4.90. The summed E-state index contributed by atoms with van der Waals surface area (Å²) in [6.07, 6.45) is 1.68. The van der Waals surface area contributed by atoms with E-state index in [4.69, 9.17) is 15.2 Å². The van der Waals surface area contributed by atoms with Crippen molar-refractivity contribution in [2.75, 3.05) is 20.8 Å². The lowest BCUT2D eigenvalue weighted by molar-refractivity contribution is -0.141. The third-order valence-electron chi connectivity index (χ3n) is 3.55. The number of rotatable bonds is 6. The summed E-state index contributed by atoms with van der Waals surface area (Å²) in [5.74, 6) is 0.590. The molecule has 0 heterocycles. The molecule has 0 saturated carbocycles. The summed E-state index contributed by atoms with van der Waals surface area (Å²) in [4.78, 5) is 11.0. The van der Waals surface area contributed by atoms with Crippen molar-refractivity contribution in [1.82, 2.24) is 0 Å². The average Bonchev–Trinajstić information content (AvgIpc) is 2.78.